The molecule has 0 aromatic rings. The first-order chi connectivity index (χ1) is 9.11. The normalized spacial score (nSPS) is 17.8. The summed E-state index contributed by atoms with van der Waals surface area (Å²) in [5.41, 5.74) is 5.15. The van der Waals surface area contributed by atoms with Crippen molar-refractivity contribution >= 4 is 11.8 Å². The second-order valence-corrected chi connectivity index (χ2v) is 5.53. The van der Waals surface area contributed by atoms with Crippen molar-refractivity contribution < 1.29 is 9.59 Å². The van der Waals surface area contributed by atoms with Gasteiger partial charge in [0.2, 0.25) is 11.8 Å². The van der Waals surface area contributed by atoms with Crippen molar-refractivity contribution in [3.63, 3.8) is 0 Å². The zero-order valence-electron chi connectivity index (χ0n) is 11.9. The Labute approximate surface area is 115 Å². The van der Waals surface area contributed by atoms with Gasteiger partial charge in [-0.15, -0.1) is 0 Å². The van der Waals surface area contributed by atoms with Crippen LogP contribution in [0.2, 0.25) is 0 Å². The maximum Gasteiger partial charge on any atom is 0.239 e. The number of amides is 2. The summed E-state index contributed by atoms with van der Waals surface area (Å²) in [7, 11) is 0. The molecule has 19 heavy (non-hydrogen) atoms. The van der Waals surface area contributed by atoms with E-state index in [0.29, 0.717) is 0 Å². The fourth-order valence-electron chi connectivity index (χ4n) is 2.61. The Balaban J connectivity index is 2.10. The van der Waals surface area contributed by atoms with Gasteiger partial charge in [-0.1, -0.05) is 32.1 Å². The van der Waals surface area contributed by atoms with E-state index in [1.54, 1.807) is 0 Å². The maximum absolute atomic E-state index is 11.6. The van der Waals surface area contributed by atoms with Gasteiger partial charge in [0.1, 0.15) is 0 Å². The lowest BCUT2D eigenvalue weighted by molar-refractivity contribution is -0.125. The SMILES string of the molecule is CC(CCC1CCCCC1)NC(=O)CNC(=O)CN. The molecule has 1 atom stereocenters. The Hall–Kier alpha value is -1.10. The third kappa shape index (κ3) is 7.15. The molecule has 5 nitrogen and oxygen atoms in total. The monoisotopic (exact) mass is 269 g/mol. The zero-order chi connectivity index (χ0) is 14.1. The Bertz CT molecular complexity index is 288. The molecule has 0 radical (unpaired) electrons. The summed E-state index contributed by atoms with van der Waals surface area (Å²) in [6, 6.07) is 0.171. The van der Waals surface area contributed by atoms with E-state index in [1.165, 1.54) is 38.5 Å². The second-order valence-electron chi connectivity index (χ2n) is 5.53. The van der Waals surface area contributed by atoms with Crippen molar-refractivity contribution in [2.45, 2.75) is 57.9 Å². The summed E-state index contributed by atoms with van der Waals surface area (Å²) in [6.07, 6.45) is 8.98. The van der Waals surface area contributed by atoms with Crippen molar-refractivity contribution in [2.24, 2.45) is 11.7 Å². The van der Waals surface area contributed by atoms with Crippen LogP contribution in [0.4, 0.5) is 0 Å². The Morgan fingerprint density at radius 3 is 2.53 bits per heavy atom. The van der Waals surface area contributed by atoms with Crippen LogP contribution in [0.25, 0.3) is 0 Å². The molecule has 110 valence electrons. The molecule has 1 saturated carbocycles. The first kappa shape index (κ1) is 16.0. The molecule has 1 unspecified atom stereocenters. The van der Waals surface area contributed by atoms with Gasteiger partial charge in [0, 0.05) is 6.04 Å². The van der Waals surface area contributed by atoms with Crippen LogP contribution in [-0.2, 0) is 9.59 Å². The van der Waals surface area contributed by atoms with E-state index in [-0.39, 0.29) is 30.9 Å². The highest BCUT2D eigenvalue weighted by atomic mass is 16.2. The molecule has 0 heterocycles. The van der Waals surface area contributed by atoms with Crippen LogP contribution in [0.1, 0.15) is 51.9 Å². The number of nitrogens with two attached hydrogens (primary N) is 1. The van der Waals surface area contributed by atoms with Gasteiger partial charge in [0.15, 0.2) is 0 Å². The summed E-state index contributed by atoms with van der Waals surface area (Å²) >= 11 is 0. The smallest absolute Gasteiger partial charge is 0.239 e. The maximum atomic E-state index is 11.6. The molecule has 0 aromatic heterocycles. The van der Waals surface area contributed by atoms with Crippen LogP contribution in [0.3, 0.4) is 0 Å². The van der Waals surface area contributed by atoms with Crippen molar-refractivity contribution in [1.29, 1.82) is 0 Å². The summed E-state index contributed by atoms with van der Waals surface area (Å²) in [4.78, 5) is 22.5. The quantitative estimate of drug-likeness (QED) is 0.643. The summed E-state index contributed by atoms with van der Waals surface area (Å²) in [6.45, 7) is 1.96. The molecule has 2 amide bonds. The van der Waals surface area contributed by atoms with Crippen LogP contribution < -0.4 is 16.4 Å². The van der Waals surface area contributed by atoms with Gasteiger partial charge >= 0.3 is 0 Å². The lowest BCUT2D eigenvalue weighted by atomic mass is 9.85. The van der Waals surface area contributed by atoms with Crippen LogP contribution >= 0.6 is 0 Å². The Kier molecular flexibility index (Phi) is 7.48. The topological polar surface area (TPSA) is 84.2 Å². The number of carbonyl (C=O) groups is 2. The first-order valence-corrected chi connectivity index (χ1v) is 7.38. The Morgan fingerprint density at radius 1 is 1.21 bits per heavy atom. The molecule has 1 rings (SSSR count). The highest BCUT2D eigenvalue weighted by molar-refractivity contribution is 5.85. The summed E-state index contributed by atoms with van der Waals surface area (Å²) in [5.74, 6) is 0.396. The minimum atomic E-state index is -0.301. The van der Waals surface area contributed by atoms with E-state index in [9.17, 15) is 9.59 Å². The zero-order valence-corrected chi connectivity index (χ0v) is 11.9. The molecule has 4 N–H and O–H groups in total. The molecular weight excluding hydrogens is 242 g/mol. The van der Waals surface area contributed by atoms with E-state index >= 15 is 0 Å². The van der Waals surface area contributed by atoms with Crippen LogP contribution in [0.15, 0.2) is 0 Å². The molecule has 0 saturated heterocycles. The van der Waals surface area contributed by atoms with E-state index in [4.69, 9.17) is 5.73 Å². The third-order valence-electron chi connectivity index (χ3n) is 3.77. The third-order valence-corrected chi connectivity index (χ3v) is 3.77. The first-order valence-electron chi connectivity index (χ1n) is 7.38. The second kappa shape index (κ2) is 8.91. The fraction of sp³-hybridized carbons (Fsp3) is 0.857. The van der Waals surface area contributed by atoms with Gasteiger partial charge in [-0.2, -0.15) is 0 Å². The van der Waals surface area contributed by atoms with Gasteiger partial charge in [0.25, 0.3) is 0 Å². The number of carbonyl (C=O) groups excluding carboxylic acids is 2. The van der Waals surface area contributed by atoms with E-state index in [2.05, 4.69) is 10.6 Å². The molecule has 1 aliphatic carbocycles. The summed E-state index contributed by atoms with van der Waals surface area (Å²) < 4.78 is 0. The highest BCUT2D eigenvalue weighted by Gasteiger charge is 2.15. The van der Waals surface area contributed by atoms with Crippen molar-refractivity contribution in [1.82, 2.24) is 10.6 Å². The van der Waals surface area contributed by atoms with Gasteiger partial charge < -0.3 is 16.4 Å². The minimum absolute atomic E-state index is 0.0177. The van der Waals surface area contributed by atoms with Crippen molar-refractivity contribution in [2.75, 3.05) is 13.1 Å². The molecular formula is C14H27N3O2. The van der Waals surface area contributed by atoms with Crippen molar-refractivity contribution in [3.8, 4) is 0 Å². The lowest BCUT2D eigenvalue weighted by Gasteiger charge is -2.23. The van der Waals surface area contributed by atoms with Gasteiger partial charge in [-0.25, -0.2) is 0 Å². The van der Waals surface area contributed by atoms with E-state index in [1.807, 2.05) is 6.92 Å². The number of hydrogen-bond donors (Lipinski definition) is 3. The van der Waals surface area contributed by atoms with E-state index < -0.39 is 0 Å². The fourth-order valence-corrected chi connectivity index (χ4v) is 2.61. The number of rotatable bonds is 7. The van der Waals surface area contributed by atoms with Crippen LogP contribution in [0.5, 0.6) is 0 Å². The van der Waals surface area contributed by atoms with Gasteiger partial charge in [0.05, 0.1) is 13.1 Å². The molecule has 1 fully saturated rings. The standard InChI is InChI=1S/C14H27N3O2/c1-11(7-8-12-5-3-2-4-6-12)17-14(19)10-16-13(18)9-15/h11-12H,2-10,15H2,1H3,(H,16,18)(H,17,19). The number of hydrogen-bond acceptors (Lipinski definition) is 3. The average Bonchev–Trinajstić information content (AvgIpc) is 2.43. The van der Waals surface area contributed by atoms with E-state index in [0.717, 1.165) is 12.3 Å². The molecule has 1 aliphatic rings. The largest absolute Gasteiger partial charge is 0.352 e. The molecule has 5 heteroatoms. The Morgan fingerprint density at radius 2 is 1.89 bits per heavy atom. The van der Waals surface area contributed by atoms with Gasteiger partial charge in [-0.05, 0) is 25.7 Å². The number of nitrogens with one attached hydrogen (secondary N) is 2. The molecule has 0 bridgehead atoms. The molecule has 0 aromatic carbocycles. The minimum Gasteiger partial charge on any atom is -0.352 e. The lowest BCUT2D eigenvalue weighted by Crippen LogP contribution is -2.42. The van der Waals surface area contributed by atoms with Crippen LogP contribution in [-0.4, -0.2) is 30.9 Å². The molecule has 0 aliphatic heterocycles. The molecule has 0 spiro atoms. The van der Waals surface area contributed by atoms with Crippen LogP contribution in [0, 0.1) is 5.92 Å². The predicted octanol–water partition coefficient (Wildman–Crippen LogP) is 0.927. The van der Waals surface area contributed by atoms with Gasteiger partial charge in [-0.3, -0.25) is 9.59 Å². The predicted molar refractivity (Wildman–Crippen MR) is 75.5 cm³/mol. The summed E-state index contributed by atoms with van der Waals surface area (Å²) in [5, 5.41) is 5.37. The average molecular weight is 269 g/mol. The van der Waals surface area contributed by atoms with Crippen molar-refractivity contribution in [3.05, 3.63) is 0 Å². The highest BCUT2D eigenvalue weighted by Crippen LogP contribution is 2.27.